The SMILES string of the molecule is C=C/C=C\C(=C)Cn1c(C)c(CC(N)=O)c2c(OCC(=O)O)cccc21.CC. The third-order valence-corrected chi connectivity index (χ3v) is 3.97. The van der Waals surface area contributed by atoms with E-state index in [1.165, 1.54) is 0 Å². The summed E-state index contributed by atoms with van der Waals surface area (Å²) >= 11 is 0. The van der Waals surface area contributed by atoms with E-state index in [1.807, 2.05) is 37.5 Å². The summed E-state index contributed by atoms with van der Waals surface area (Å²) in [6.45, 7) is 13.6. The molecule has 0 aliphatic carbocycles. The van der Waals surface area contributed by atoms with Crippen molar-refractivity contribution in [2.75, 3.05) is 6.61 Å². The van der Waals surface area contributed by atoms with Crippen LogP contribution >= 0.6 is 0 Å². The van der Waals surface area contributed by atoms with Crippen molar-refractivity contribution in [1.29, 1.82) is 0 Å². The van der Waals surface area contributed by atoms with Gasteiger partial charge >= 0.3 is 5.97 Å². The highest BCUT2D eigenvalue weighted by molar-refractivity contribution is 5.94. The van der Waals surface area contributed by atoms with E-state index < -0.39 is 18.5 Å². The van der Waals surface area contributed by atoms with Crippen molar-refractivity contribution in [3.8, 4) is 5.75 Å². The number of amides is 1. The lowest BCUT2D eigenvalue weighted by molar-refractivity contribution is -0.139. The Balaban J connectivity index is 0.00000190. The first-order valence-corrected chi connectivity index (χ1v) is 9.05. The number of carbonyl (C=O) groups is 2. The zero-order chi connectivity index (χ0) is 21.3. The smallest absolute Gasteiger partial charge is 0.341 e. The summed E-state index contributed by atoms with van der Waals surface area (Å²) in [6, 6.07) is 5.36. The molecule has 0 aliphatic rings. The first-order valence-electron chi connectivity index (χ1n) is 9.05. The Bertz CT molecular complexity index is 907. The number of rotatable bonds is 9. The normalized spacial score (nSPS) is 10.4. The Labute approximate surface area is 165 Å². The van der Waals surface area contributed by atoms with E-state index >= 15 is 0 Å². The minimum Gasteiger partial charge on any atom is -0.481 e. The van der Waals surface area contributed by atoms with Crippen LogP contribution < -0.4 is 10.5 Å². The van der Waals surface area contributed by atoms with Crippen LogP contribution in [-0.2, 0) is 22.6 Å². The molecule has 0 radical (unpaired) electrons. The lowest BCUT2D eigenvalue weighted by Gasteiger charge is -2.09. The maximum absolute atomic E-state index is 11.6. The molecular formula is C22H28N2O4. The average Bonchev–Trinajstić information content (AvgIpc) is 2.92. The van der Waals surface area contributed by atoms with Crippen LogP contribution in [0.5, 0.6) is 5.75 Å². The lowest BCUT2D eigenvalue weighted by Crippen LogP contribution is -2.15. The van der Waals surface area contributed by atoms with Gasteiger partial charge in [0, 0.05) is 17.6 Å². The van der Waals surface area contributed by atoms with Crippen LogP contribution in [0.15, 0.2) is 55.2 Å². The standard InChI is InChI=1S/C20H22N2O4.C2H6/c1-4-5-7-13(2)11-22-14(3)15(10-18(21)23)20-16(22)8-6-9-17(20)26-12-19(24)25;1-2/h4-9H,1-2,10-12H2,3H3,(H2,21,23)(H,24,25);1-2H3/b7-5-;. The largest absolute Gasteiger partial charge is 0.481 e. The first-order chi connectivity index (χ1) is 13.3. The first kappa shape index (κ1) is 22.8. The Kier molecular flexibility index (Phi) is 8.75. The number of carboxylic acid groups (broad SMARTS) is 1. The average molecular weight is 384 g/mol. The van der Waals surface area contributed by atoms with Gasteiger partial charge in [0.15, 0.2) is 6.61 Å². The van der Waals surface area contributed by atoms with E-state index in [9.17, 15) is 9.59 Å². The predicted octanol–water partition coefficient (Wildman–Crippen LogP) is 3.77. The summed E-state index contributed by atoms with van der Waals surface area (Å²) in [5.41, 5.74) is 8.68. The fourth-order valence-electron chi connectivity index (χ4n) is 2.89. The molecule has 1 aromatic heterocycles. The molecule has 0 fully saturated rings. The van der Waals surface area contributed by atoms with Crippen LogP contribution in [0.25, 0.3) is 10.9 Å². The van der Waals surface area contributed by atoms with Crippen molar-refractivity contribution in [2.45, 2.75) is 33.7 Å². The molecule has 150 valence electrons. The van der Waals surface area contributed by atoms with Crippen molar-refractivity contribution in [3.05, 3.63) is 66.4 Å². The topological polar surface area (TPSA) is 94.5 Å². The number of primary amides is 1. The minimum absolute atomic E-state index is 0.0394. The highest BCUT2D eigenvalue weighted by Crippen LogP contribution is 2.34. The summed E-state index contributed by atoms with van der Waals surface area (Å²) in [5.74, 6) is -1.13. The van der Waals surface area contributed by atoms with Gasteiger partial charge in [0.05, 0.1) is 11.9 Å². The summed E-state index contributed by atoms with van der Waals surface area (Å²) in [5, 5.41) is 9.59. The molecule has 0 aliphatic heterocycles. The molecule has 6 heteroatoms. The number of aliphatic carboxylic acids is 1. The molecule has 1 heterocycles. The van der Waals surface area contributed by atoms with Gasteiger partial charge < -0.3 is 20.1 Å². The molecule has 6 nitrogen and oxygen atoms in total. The van der Waals surface area contributed by atoms with E-state index in [4.69, 9.17) is 15.6 Å². The second-order valence-corrected chi connectivity index (χ2v) is 5.88. The van der Waals surface area contributed by atoms with Gasteiger partial charge in [-0.1, -0.05) is 51.3 Å². The molecule has 2 aromatic rings. The van der Waals surface area contributed by atoms with Gasteiger partial charge in [-0.3, -0.25) is 4.79 Å². The van der Waals surface area contributed by atoms with Crippen LogP contribution in [0.3, 0.4) is 0 Å². The molecule has 3 N–H and O–H groups in total. The van der Waals surface area contributed by atoms with Crippen LogP contribution in [0, 0.1) is 6.92 Å². The molecule has 2 rings (SSSR count). The second kappa shape index (κ2) is 10.8. The molecule has 0 bridgehead atoms. The summed E-state index contributed by atoms with van der Waals surface area (Å²) in [6.07, 6.45) is 5.37. The zero-order valence-electron chi connectivity index (χ0n) is 16.7. The highest BCUT2D eigenvalue weighted by Gasteiger charge is 2.19. The van der Waals surface area contributed by atoms with Crippen LogP contribution in [-0.4, -0.2) is 28.2 Å². The minimum atomic E-state index is -1.07. The van der Waals surface area contributed by atoms with Crippen molar-refractivity contribution in [1.82, 2.24) is 4.57 Å². The number of carbonyl (C=O) groups excluding carboxylic acids is 1. The number of benzene rings is 1. The van der Waals surface area contributed by atoms with E-state index in [-0.39, 0.29) is 6.42 Å². The van der Waals surface area contributed by atoms with E-state index in [0.29, 0.717) is 17.7 Å². The molecule has 28 heavy (non-hydrogen) atoms. The highest BCUT2D eigenvalue weighted by atomic mass is 16.5. The third-order valence-electron chi connectivity index (χ3n) is 3.97. The van der Waals surface area contributed by atoms with Gasteiger partial charge in [-0.05, 0) is 30.2 Å². The number of carboxylic acids is 1. The van der Waals surface area contributed by atoms with Gasteiger partial charge in [0.2, 0.25) is 5.91 Å². The van der Waals surface area contributed by atoms with Gasteiger partial charge in [-0.15, -0.1) is 0 Å². The fourth-order valence-corrected chi connectivity index (χ4v) is 2.89. The summed E-state index contributed by atoms with van der Waals surface area (Å²) in [4.78, 5) is 22.4. The lowest BCUT2D eigenvalue weighted by atomic mass is 10.1. The van der Waals surface area contributed by atoms with Crippen molar-refractivity contribution < 1.29 is 19.4 Å². The molecule has 1 aromatic carbocycles. The van der Waals surface area contributed by atoms with Crippen molar-refractivity contribution in [2.24, 2.45) is 5.73 Å². The van der Waals surface area contributed by atoms with E-state index in [2.05, 4.69) is 13.2 Å². The van der Waals surface area contributed by atoms with Gasteiger partial charge in [-0.25, -0.2) is 4.79 Å². The second-order valence-electron chi connectivity index (χ2n) is 5.88. The monoisotopic (exact) mass is 384 g/mol. The number of fused-ring (bicyclic) bond motifs is 1. The number of nitrogens with zero attached hydrogens (tertiary/aromatic N) is 1. The van der Waals surface area contributed by atoms with Crippen LogP contribution in [0.2, 0.25) is 0 Å². The molecule has 0 saturated carbocycles. The Morgan fingerprint density at radius 1 is 1.32 bits per heavy atom. The molecule has 0 atom stereocenters. The molecular weight excluding hydrogens is 356 g/mol. The Morgan fingerprint density at radius 2 is 2.00 bits per heavy atom. The Hall–Kier alpha value is -3.28. The van der Waals surface area contributed by atoms with Crippen LogP contribution in [0.1, 0.15) is 25.1 Å². The predicted molar refractivity (Wildman–Crippen MR) is 113 cm³/mol. The number of ether oxygens (including phenoxy) is 1. The number of nitrogens with two attached hydrogens (primary N) is 1. The molecule has 0 spiro atoms. The van der Waals surface area contributed by atoms with Gasteiger partial charge in [-0.2, -0.15) is 0 Å². The maximum atomic E-state index is 11.6. The van der Waals surface area contributed by atoms with E-state index in [0.717, 1.165) is 22.3 Å². The third kappa shape index (κ3) is 5.61. The summed E-state index contributed by atoms with van der Waals surface area (Å²) < 4.78 is 7.44. The van der Waals surface area contributed by atoms with Crippen molar-refractivity contribution >= 4 is 22.8 Å². The molecule has 1 amide bonds. The van der Waals surface area contributed by atoms with Crippen molar-refractivity contribution in [3.63, 3.8) is 0 Å². The van der Waals surface area contributed by atoms with Gasteiger partial charge in [0.1, 0.15) is 5.75 Å². The molecule has 0 unspecified atom stereocenters. The molecule has 0 saturated heterocycles. The summed E-state index contributed by atoms with van der Waals surface area (Å²) in [7, 11) is 0. The van der Waals surface area contributed by atoms with Gasteiger partial charge in [0.25, 0.3) is 0 Å². The maximum Gasteiger partial charge on any atom is 0.341 e. The number of aromatic nitrogens is 1. The van der Waals surface area contributed by atoms with Crippen LogP contribution in [0.4, 0.5) is 0 Å². The Morgan fingerprint density at radius 3 is 2.57 bits per heavy atom. The number of hydrogen-bond acceptors (Lipinski definition) is 3. The quantitative estimate of drug-likeness (QED) is 0.644. The number of hydrogen-bond donors (Lipinski definition) is 2. The number of allylic oxidation sites excluding steroid dienone is 4. The fraction of sp³-hybridized carbons (Fsp3) is 0.273. The van der Waals surface area contributed by atoms with E-state index in [1.54, 1.807) is 24.3 Å². The zero-order valence-corrected chi connectivity index (χ0v) is 16.7.